The van der Waals surface area contributed by atoms with Crippen molar-refractivity contribution < 1.29 is 18.9 Å². The lowest BCUT2D eigenvalue weighted by Gasteiger charge is -2.28. The summed E-state index contributed by atoms with van der Waals surface area (Å²) in [5.41, 5.74) is 3.88. The number of nitrogens with zero attached hydrogens (tertiary/aromatic N) is 3. The Kier molecular flexibility index (Phi) is 7.23. The molecule has 2 heterocycles. The number of nitro benzene ring substituents is 1. The van der Waals surface area contributed by atoms with Gasteiger partial charge >= 0.3 is 0 Å². The third-order valence-electron chi connectivity index (χ3n) is 6.10. The number of amides is 1. The van der Waals surface area contributed by atoms with Crippen molar-refractivity contribution in [2.45, 2.75) is 6.92 Å². The lowest BCUT2D eigenvalue weighted by Crippen LogP contribution is -2.37. The summed E-state index contributed by atoms with van der Waals surface area (Å²) in [5.74, 6) is -0.156. The van der Waals surface area contributed by atoms with Gasteiger partial charge in [-0.15, -0.1) is 0 Å². The number of fused-ring (bicyclic) bond motifs is 1. The maximum Gasteiger partial charge on any atom is 0.293 e. The number of nitro groups is 1. The van der Waals surface area contributed by atoms with Crippen molar-refractivity contribution in [2.75, 3.05) is 36.5 Å². The van der Waals surface area contributed by atoms with E-state index in [1.807, 2.05) is 30.0 Å². The molecule has 3 aromatic carbocycles. The number of thiocarbonyl (C=S) groups is 1. The molecule has 0 aliphatic carbocycles. The van der Waals surface area contributed by atoms with Crippen molar-refractivity contribution in [1.82, 2.24) is 10.3 Å². The van der Waals surface area contributed by atoms with E-state index in [-0.39, 0.29) is 16.4 Å². The van der Waals surface area contributed by atoms with Crippen molar-refractivity contribution in [2.24, 2.45) is 0 Å². The molecule has 12 heteroatoms. The highest BCUT2D eigenvalue weighted by molar-refractivity contribution is 7.80. The standard InChI is InChI=1S/C26H22ClN5O5S/c1-15-2-3-17(25-28-20-14-18(27)5-7-23(20)37-25)12-19(15)29-26(38)30-24(33)16-4-6-21(22(13-16)32(34)35)31-8-10-36-11-9-31/h2-7,12-14H,8-11H2,1H3,(H2,29,30,33,38). The number of carbonyl (C=O) groups is 1. The molecule has 0 saturated carbocycles. The maximum absolute atomic E-state index is 12.9. The molecule has 1 aliphatic heterocycles. The van der Waals surface area contributed by atoms with Gasteiger partial charge in [0, 0.05) is 41.0 Å². The molecule has 0 bridgehead atoms. The summed E-state index contributed by atoms with van der Waals surface area (Å²) in [6.45, 7) is 3.93. The van der Waals surface area contributed by atoms with Crippen molar-refractivity contribution in [3.05, 3.63) is 80.9 Å². The molecular weight excluding hydrogens is 530 g/mol. The molecule has 10 nitrogen and oxygen atoms in total. The summed E-state index contributed by atoms with van der Waals surface area (Å²) in [6.07, 6.45) is 0. The highest BCUT2D eigenvalue weighted by atomic mass is 35.5. The minimum Gasteiger partial charge on any atom is -0.436 e. The number of oxazole rings is 1. The van der Waals surface area contributed by atoms with Crippen LogP contribution in [0, 0.1) is 17.0 Å². The molecule has 1 aliphatic rings. The number of rotatable bonds is 5. The van der Waals surface area contributed by atoms with Gasteiger partial charge in [0.25, 0.3) is 11.6 Å². The van der Waals surface area contributed by atoms with E-state index in [4.69, 9.17) is 33.0 Å². The molecular formula is C26H22ClN5O5S. The summed E-state index contributed by atoms with van der Waals surface area (Å²) in [4.78, 5) is 30.5. The predicted octanol–water partition coefficient (Wildman–Crippen LogP) is 5.33. The Balaban J connectivity index is 1.31. The van der Waals surface area contributed by atoms with Crippen molar-refractivity contribution in [3.8, 4) is 11.5 Å². The zero-order chi connectivity index (χ0) is 26.8. The zero-order valence-electron chi connectivity index (χ0n) is 20.2. The molecule has 0 atom stereocenters. The Hall–Kier alpha value is -4.06. The summed E-state index contributed by atoms with van der Waals surface area (Å²) < 4.78 is 11.2. The summed E-state index contributed by atoms with van der Waals surface area (Å²) in [5, 5.41) is 17.9. The van der Waals surface area contributed by atoms with Gasteiger partial charge in [-0.05, 0) is 67.2 Å². The van der Waals surface area contributed by atoms with Crippen LogP contribution in [0.5, 0.6) is 0 Å². The first-order valence-corrected chi connectivity index (χ1v) is 12.5. The molecule has 1 fully saturated rings. The van der Waals surface area contributed by atoms with E-state index in [2.05, 4.69) is 15.6 Å². The van der Waals surface area contributed by atoms with Crippen molar-refractivity contribution in [3.63, 3.8) is 0 Å². The Morgan fingerprint density at radius 1 is 1.13 bits per heavy atom. The zero-order valence-corrected chi connectivity index (χ0v) is 21.8. The van der Waals surface area contributed by atoms with Gasteiger partial charge in [-0.1, -0.05) is 17.7 Å². The van der Waals surface area contributed by atoms with Crippen LogP contribution >= 0.6 is 23.8 Å². The molecule has 5 rings (SSSR count). The molecule has 38 heavy (non-hydrogen) atoms. The topological polar surface area (TPSA) is 123 Å². The van der Waals surface area contributed by atoms with Crippen molar-refractivity contribution >= 4 is 63.0 Å². The molecule has 1 amide bonds. The highest BCUT2D eigenvalue weighted by Gasteiger charge is 2.23. The largest absolute Gasteiger partial charge is 0.436 e. The maximum atomic E-state index is 12.9. The number of aryl methyl sites for hydroxylation is 1. The number of aromatic nitrogens is 1. The average molecular weight is 552 g/mol. The van der Waals surface area contributed by atoms with Gasteiger partial charge in [-0.25, -0.2) is 4.98 Å². The van der Waals surface area contributed by atoms with E-state index in [0.717, 1.165) is 5.56 Å². The third-order valence-corrected chi connectivity index (χ3v) is 6.53. The van der Waals surface area contributed by atoms with Gasteiger partial charge in [-0.2, -0.15) is 0 Å². The first-order valence-electron chi connectivity index (χ1n) is 11.7. The van der Waals surface area contributed by atoms with Crippen LogP contribution in [0.3, 0.4) is 0 Å². The van der Waals surface area contributed by atoms with E-state index >= 15 is 0 Å². The smallest absolute Gasteiger partial charge is 0.293 e. The lowest BCUT2D eigenvalue weighted by atomic mass is 10.1. The van der Waals surface area contributed by atoms with Gasteiger partial charge in [0.2, 0.25) is 5.89 Å². The molecule has 1 aromatic heterocycles. The summed E-state index contributed by atoms with van der Waals surface area (Å²) in [6, 6.07) is 15.1. The van der Waals surface area contributed by atoms with Gasteiger partial charge in [0.05, 0.1) is 18.1 Å². The van der Waals surface area contributed by atoms with Crippen molar-refractivity contribution in [1.29, 1.82) is 0 Å². The number of nitrogens with one attached hydrogen (secondary N) is 2. The second-order valence-corrected chi connectivity index (χ2v) is 9.47. The van der Waals surface area contributed by atoms with Crippen LogP contribution in [0.1, 0.15) is 15.9 Å². The minimum absolute atomic E-state index is 0.0412. The Morgan fingerprint density at radius 2 is 1.92 bits per heavy atom. The quantitative estimate of drug-likeness (QED) is 0.192. The van der Waals surface area contributed by atoms with E-state index in [1.54, 1.807) is 30.3 Å². The average Bonchev–Trinajstić information content (AvgIpc) is 3.33. The van der Waals surface area contributed by atoms with Gasteiger partial charge in [0.1, 0.15) is 11.2 Å². The first kappa shape index (κ1) is 25.6. The molecule has 194 valence electrons. The monoisotopic (exact) mass is 551 g/mol. The lowest BCUT2D eigenvalue weighted by molar-refractivity contribution is -0.384. The molecule has 0 radical (unpaired) electrons. The van der Waals surface area contributed by atoms with Crippen LogP contribution in [0.25, 0.3) is 22.6 Å². The van der Waals surface area contributed by atoms with Crippen LogP contribution in [0.2, 0.25) is 5.02 Å². The molecule has 0 spiro atoms. The van der Waals surface area contributed by atoms with Gasteiger partial charge in [-0.3, -0.25) is 20.2 Å². The molecule has 4 aromatic rings. The fourth-order valence-corrected chi connectivity index (χ4v) is 4.49. The number of benzene rings is 3. The Morgan fingerprint density at radius 3 is 2.68 bits per heavy atom. The normalized spacial score (nSPS) is 13.4. The number of ether oxygens (including phenoxy) is 1. The van der Waals surface area contributed by atoms with Crippen LogP contribution in [-0.4, -0.2) is 47.2 Å². The number of hydrogen-bond donors (Lipinski definition) is 2. The fourth-order valence-electron chi connectivity index (χ4n) is 4.13. The Labute approximate surface area is 227 Å². The van der Waals surface area contributed by atoms with Gasteiger partial charge < -0.3 is 19.4 Å². The predicted molar refractivity (Wildman–Crippen MR) is 149 cm³/mol. The van der Waals surface area contributed by atoms with E-state index < -0.39 is 10.8 Å². The van der Waals surface area contributed by atoms with E-state index in [0.29, 0.717) is 65.3 Å². The fraction of sp³-hybridized carbons (Fsp3) is 0.192. The first-order chi connectivity index (χ1) is 18.3. The van der Waals surface area contributed by atoms with Gasteiger partial charge in [0.15, 0.2) is 10.7 Å². The van der Waals surface area contributed by atoms with Crippen LogP contribution < -0.4 is 15.5 Å². The number of hydrogen-bond acceptors (Lipinski definition) is 8. The van der Waals surface area contributed by atoms with E-state index in [9.17, 15) is 14.9 Å². The van der Waals surface area contributed by atoms with Crippen LogP contribution in [0.15, 0.2) is 59.0 Å². The second kappa shape index (κ2) is 10.7. The SMILES string of the molecule is Cc1ccc(-c2nc3cc(Cl)ccc3o2)cc1NC(=S)NC(=O)c1ccc(N2CCOCC2)c([N+](=O)[O-])c1. The molecule has 0 unspecified atom stereocenters. The summed E-state index contributed by atoms with van der Waals surface area (Å²) in [7, 11) is 0. The summed E-state index contributed by atoms with van der Waals surface area (Å²) >= 11 is 11.4. The minimum atomic E-state index is -0.566. The van der Waals surface area contributed by atoms with Crippen LogP contribution in [0.4, 0.5) is 17.1 Å². The number of morpholine rings is 1. The van der Waals surface area contributed by atoms with E-state index in [1.165, 1.54) is 6.07 Å². The number of anilines is 2. The molecule has 2 N–H and O–H groups in total. The highest BCUT2D eigenvalue weighted by Crippen LogP contribution is 2.31. The molecule has 1 saturated heterocycles. The third kappa shape index (κ3) is 5.44. The Bertz CT molecular complexity index is 1570. The number of halogens is 1. The second-order valence-electron chi connectivity index (χ2n) is 8.63. The number of carbonyl (C=O) groups excluding carboxylic acids is 1. The van der Waals surface area contributed by atoms with Crippen LogP contribution in [-0.2, 0) is 4.74 Å².